The summed E-state index contributed by atoms with van der Waals surface area (Å²) in [6, 6.07) is 5.24. The topological polar surface area (TPSA) is 85.0 Å². The van der Waals surface area contributed by atoms with Crippen LogP contribution in [0.25, 0.3) is 0 Å². The highest BCUT2D eigenvalue weighted by Crippen LogP contribution is 2.31. The fourth-order valence-corrected chi connectivity index (χ4v) is 2.13. The number of hydrogen-bond donors (Lipinski definition) is 2. The molecule has 0 bridgehead atoms. The number of amides is 1. The molecule has 1 aromatic rings. The number of hydrogen-bond acceptors (Lipinski definition) is 4. The first-order valence-electron chi connectivity index (χ1n) is 6.18. The second-order valence-corrected chi connectivity index (χ2v) is 4.50. The number of nitrogen functional groups attached to an aromatic ring is 1. The third-order valence-corrected chi connectivity index (χ3v) is 3.19. The first-order valence-corrected chi connectivity index (χ1v) is 6.18. The maximum Gasteiger partial charge on any atom is 0.407 e. The number of anilines is 1. The molecule has 1 fully saturated rings. The van der Waals surface area contributed by atoms with Gasteiger partial charge in [-0.15, -0.1) is 0 Å². The van der Waals surface area contributed by atoms with E-state index < -0.39 is 6.09 Å². The molecular weight excluding hydrogens is 248 g/mol. The Bertz CT molecular complexity index is 456. The molecule has 0 saturated carbocycles. The predicted molar refractivity (Wildman–Crippen MR) is 70.7 cm³/mol. The second kappa shape index (κ2) is 5.69. The zero-order chi connectivity index (χ0) is 13.8. The van der Waals surface area contributed by atoms with E-state index >= 15 is 0 Å². The van der Waals surface area contributed by atoms with Gasteiger partial charge in [0.2, 0.25) is 0 Å². The molecule has 1 aliphatic rings. The quantitative estimate of drug-likeness (QED) is 0.815. The van der Waals surface area contributed by atoms with Crippen molar-refractivity contribution in [2.45, 2.75) is 18.9 Å². The van der Waals surface area contributed by atoms with Gasteiger partial charge in [0.05, 0.1) is 7.11 Å². The van der Waals surface area contributed by atoms with E-state index in [9.17, 15) is 4.79 Å². The zero-order valence-corrected chi connectivity index (χ0v) is 10.8. The SMILES string of the molecule is COc1cc(N)ccc1OC1CCN(C(=O)O)CC1. The van der Waals surface area contributed by atoms with E-state index in [0.717, 1.165) is 0 Å². The number of nitrogens with two attached hydrogens (primary N) is 1. The molecule has 0 aromatic heterocycles. The van der Waals surface area contributed by atoms with Gasteiger partial charge < -0.3 is 25.2 Å². The molecule has 0 radical (unpaired) electrons. The first kappa shape index (κ1) is 13.3. The Kier molecular flexibility index (Phi) is 3.99. The molecule has 1 amide bonds. The molecule has 6 heteroatoms. The van der Waals surface area contributed by atoms with Crippen molar-refractivity contribution < 1.29 is 19.4 Å². The van der Waals surface area contributed by atoms with E-state index in [-0.39, 0.29) is 6.10 Å². The number of carboxylic acid groups (broad SMARTS) is 1. The Morgan fingerprint density at radius 2 is 2.05 bits per heavy atom. The number of carbonyl (C=O) groups is 1. The molecule has 1 heterocycles. The number of ether oxygens (including phenoxy) is 2. The average Bonchev–Trinajstić information content (AvgIpc) is 2.41. The highest BCUT2D eigenvalue weighted by Gasteiger charge is 2.24. The summed E-state index contributed by atoms with van der Waals surface area (Å²) in [5, 5.41) is 8.88. The molecular formula is C13H18N2O4. The van der Waals surface area contributed by atoms with E-state index in [1.165, 1.54) is 4.90 Å². The van der Waals surface area contributed by atoms with Crippen LogP contribution in [0.1, 0.15) is 12.8 Å². The molecule has 1 aromatic carbocycles. The van der Waals surface area contributed by atoms with Crippen molar-refractivity contribution in [1.29, 1.82) is 0 Å². The molecule has 104 valence electrons. The Labute approximate surface area is 111 Å². The van der Waals surface area contributed by atoms with Crippen LogP contribution in [-0.2, 0) is 0 Å². The summed E-state index contributed by atoms with van der Waals surface area (Å²) in [4.78, 5) is 12.2. The average molecular weight is 266 g/mol. The van der Waals surface area contributed by atoms with Crippen LogP contribution in [0.15, 0.2) is 18.2 Å². The highest BCUT2D eigenvalue weighted by atomic mass is 16.5. The molecule has 1 saturated heterocycles. The maximum absolute atomic E-state index is 10.8. The monoisotopic (exact) mass is 266 g/mol. The molecule has 2 rings (SSSR count). The molecule has 0 atom stereocenters. The van der Waals surface area contributed by atoms with Gasteiger partial charge in [0.25, 0.3) is 0 Å². The molecule has 19 heavy (non-hydrogen) atoms. The van der Waals surface area contributed by atoms with Crippen molar-refractivity contribution >= 4 is 11.8 Å². The van der Waals surface area contributed by atoms with E-state index in [2.05, 4.69) is 0 Å². The minimum atomic E-state index is -0.872. The van der Waals surface area contributed by atoms with E-state index in [4.69, 9.17) is 20.3 Å². The summed E-state index contributed by atoms with van der Waals surface area (Å²) in [5.74, 6) is 1.24. The van der Waals surface area contributed by atoms with Crippen molar-refractivity contribution in [2.75, 3.05) is 25.9 Å². The van der Waals surface area contributed by atoms with Crippen molar-refractivity contribution in [1.82, 2.24) is 4.90 Å². The van der Waals surface area contributed by atoms with Crippen LogP contribution in [-0.4, -0.2) is 42.4 Å². The lowest BCUT2D eigenvalue weighted by atomic mass is 10.1. The third kappa shape index (κ3) is 3.21. The van der Waals surface area contributed by atoms with Crippen LogP contribution in [0, 0.1) is 0 Å². The number of methoxy groups -OCH3 is 1. The summed E-state index contributed by atoms with van der Waals surface area (Å²) in [6.07, 6.45) is 0.497. The van der Waals surface area contributed by atoms with Crippen LogP contribution >= 0.6 is 0 Å². The number of rotatable bonds is 3. The van der Waals surface area contributed by atoms with Crippen LogP contribution in [0.4, 0.5) is 10.5 Å². The third-order valence-electron chi connectivity index (χ3n) is 3.19. The van der Waals surface area contributed by atoms with Gasteiger partial charge in [-0.25, -0.2) is 4.79 Å². The lowest BCUT2D eigenvalue weighted by Gasteiger charge is -2.30. The summed E-state index contributed by atoms with van der Waals surface area (Å²) < 4.78 is 11.1. The Morgan fingerprint density at radius 1 is 1.37 bits per heavy atom. The Balaban J connectivity index is 1.97. The predicted octanol–water partition coefficient (Wildman–Crippen LogP) is 1.80. The standard InChI is InChI=1S/C13H18N2O4/c1-18-12-8-9(14)2-3-11(12)19-10-4-6-15(7-5-10)13(16)17/h2-3,8,10H,4-7,14H2,1H3,(H,16,17). The smallest absolute Gasteiger partial charge is 0.407 e. The summed E-state index contributed by atoms with van der Waals surface area (Å²) in [6.45, 7) is 0.995. The largest absolute Gasteiger partial charge is 0.493 e. The molecule has 1 aliphatic heterocycles. The van der Waals surface area contributed by atoms with E-state index in [1.54, 1.807) is 25.3 Å². The van der Waals surface area contributed by atoms with Crippen LogP contribution in [0.5, 0.6) is 11.5 Å². The van der Waals surface area contributed by atoms with Gasteiger partial charge in [0.1, 0.15) is 6.10 Å². The first-order chi connectivity index (χ1) is 9.10. The van der Waals surface area contributed by atoms with Gasteiger partial charge in [-0.1, -0.05) is 0 Å². The highest BCUT2D eigenvalue weighted by molar-refractivity contribution is 5.65. The minimum Gasteiger partial charge on any atom is -0.493 e. The Hall–Kier alpha value is -2.11. The zero-order valence-electron chi connectivity index (χ0n) is 10.8. The van der Waals surface area contributed by atoms with Gasteiger partial charge in [-0.05, 0) is 12.1 Å². The molecule has 0 aliphatic carbocycles. The lowest BCUT2D eigenvalue weighted by molar-refractivity contribution is 0.0878. The summed E-state index contributed by atoms with van der Waals surface area (Å²) in [5.41, 5.74) is 6.30. The summed E-state index contributed by atoms with van der Waals surface area (Å²) in [7, 11) is 1.56. The van der Waals surface area contributed by atoms with Crippen molar-refractivity contribution in [3.05, 3.63) is 18.2 Å². The minimum absolute atomic E-state index is 0.00752. The van der Waals surface area contributed by atoms with Crippen molar-refractivity contribution in [3.8, 4) is 11.5 Å². The second-order valence-electron chi connectivity index (χ2n) is 4.50. The fraction of sp³-hybridized carbons (Fsp3) is 0.462. The van der Waals surface area contributed by atoms with Crippen LogP contribution < -0.4 is 15.2 Å². The van der Waals surface area contributed by atoms with Crippen molar-refractivity contribution in [3.63, 3.8) is 0 Å². The lowest BCUT2D eigenvalue weighted by Crippen LogP contribution is -2.41. The number of piperidine rings is 1. The number of nitrogens with zero attached hydrogens (tertiary/aromatic N) is 1. The molecule has 6 nitrogen and oxygen atoms in total. The Morgan fingerprint density at radius 3 is 2.63 bits per heavy atom. The van der Waals surface area contributed by atoms with Gasteiger partial charge in [-0.3, -0.25) is 0 Å². The maximum atomic E-state index is 10.8. The molecule has 3 N–H and O–H groups in total. The molecule has 0 unspecified atom stereocenters. The fourth-order valence-electron chi connectivity index (χ4n) is 2.13. The van der Waals surface area contributed by atoms with E-state index in [0.29, 0.717) is 43.1 Å². The van der Waals surface area contributed by atoms with Crippen molar-refractivity contribution in [2.24, 2.45) is 0 Å². The van der Waals surface area contributed by atoms with Gasteiger partial charge in [-0.2, -0.15) is 0 Å². The van der Waals surface area contributed by atoms with Crippen LogP contribution in [0.2, 0.25) is 0 Å². The number of benzene rings is 1. The number of likely N-dealkylation sites (tertiary alicyclic amines) is 1. The summed E-state index contributed by atoms with van der Waals surface area (Å²) >= 11 is 0. The van der Waals surface area contributed by atoms with Gasteiger partial charge >= 0.3 is 6.09 Å². The normalized spacial score (nSPS) is 16.2. The van der Waals surface area contributed by atoms with E-state index in [1.807, 2.05) is 0 Å². The van der Waals surface area contributed by atoms with Gasteiger partial charge in [0.15, 0.2) is 11.5 Å². The van der Waals surface area contributed by atoms with Crippen LogP contribution in [0.3, 0.4) is 0 Å². The van der Waals surface area contributed by atoms with Gasteiger partial charge in [0, 0.05) is 37.7 Å². The molecule has 0 spiro atoms.